The molecule has 1 rings (SSSR count). The van der Waals surface area contributed by atoms with Gasteiger partial charge in [0.1, 0.15) is 0 Å². The summed E-state index contributed by atoms with van der Waals surface area (Å²) in [5, 5.41) is 0. The summed E-state index contributed by atoms with van der Waals surface area (Å²) >= 11 is 0. The van der Waals surface area contributed by atoms with Crippen LogP contribution in [0.5, 0.6) is 0 Å². The number of benzene rings is 1. The van der Waals surface area contributed by atoms with Crippen molar-refractivity contribution >= 4 is 16.1 Å². The third kappa shape index (κ3) is 17.0. The average molecular weight is 276 g/mol. The van der Waals surface area contributed by atoms with Crippen LogP contribution in [0, 0.1) is 0 Å². The van der Waals surface area contributed by atoms with Gasteiger partial charge in [-0.15, -0.1) is 0 Å². The Hall–Kier alpha value is -1.40. The van der Waals surface area contributed by atoms with Crippen molar-refractivity contribution in [1.82, 2.24) is 0 Å². The number of ether oxygens (including phenoxy) is 1. The minimum atomic E-state index is -4.22. The highest BCUT2D eigenvalue weighted by atomic mass is 32.2. The molecule has 1 aromatic carbocycles. The molecule has 1 N–H and O–H groups in total. The zero-order valence-electron chi connectivity index (χ0n) is 10.9. The van der Waals surface area contributed by atoms with Gasteiger partial charge in [-0.1, -0.05) is 50.2 Å². The lowest BCUT2D eigenvalue weighted by atomic mass is 10.4. The first-order chi connectivity index (χ1) is 8.45. The Labute approximate surface area is 109 Å². The van der Waals surface area contributed by atoms with E-state index >= 15 is 0 Å². The SMILES string of the molecule is CC.CCOC(=O)CS(=O)(=O)O.c1ccccc1. The predicted molar refractivity (Wildman–Crippen MR) is 70.8 cm³/mol. The molecule has 0 saturated heterocycles. The van der Waals surface area contributed by atoms with Crippen molar-refractivity contribution in [3.05, 3.63) is 36.4 Å². The van der Waals surface area contributed by atoms with Gasteiger partial charge in [-0.3, -0.25) is 9.35 Å². The Bertz CT molecular complexity index is 359. The Morgan fingerprint density at radius 3 is 1.61 bits per heavy atom. The average Bonchev–Trinajstić information content (AvgIpc) is 2.32. The highest BCUT2D eigenvalue weighted by molar-refractivity contribution is 7.86. The molecule has 1 aromatic rings. The second-order valence-electron chi connectivity index (χ2n) is 2.69. The molecule has 0 aliphatic carbocycles. The summed E-state index contributed by atoms with van der Waals surface area (Å²) in [5.74, 6) is -1.91. The van der Waals surface area contributed by atoms with Crippen molar-refractivity contribution in [2.45, 2.75) is 20.8 Å². The van der Waals surface area contributed by atoms with Crippen molar-refractivity contribution in [1.29, 1.82) is 0 Å². The Morgan fingerprint density at radius 1 is 1.06 bits per heavy atom. The van der Waals surface area contributed by atoms with E-state index in [1.807, 2.05) is 50.2 Å². The first-order valence-electron chi connectivity index (χ1n) is 5.56. The molecule has 0 aliphatic heterocycles. The van der Waals surface area contributed by atoms with Gasteiger partial charge in [0.2, 0.25) is 0 Å². The van der Waals surface area contributed by atoms with Gasteiger partial charge in [-0.2, -0.15) is 8.42 Å². The van der Waals surface area contributed by atoms with Crippen LogP contribution in [0.3, 0.4) is 0 Å². The molecule has 0 fully saturated rings. The van der Waals surface area contributed by atoms with Crippen LogP contribution in [0.25, 0.3) is 0 Å². The lowest BCUT2D eigenvalue weighted by Gasteiger charge is -1.97. The molecule has 0 amide bonds. The van der Waals surface area contributed by atoms with Crippen LogP contribution >= 0.6 is 0 Å². The second kappa shape index (κ2) is 12.1. The normalized spacial score (nSPS) is 9.11. The van der Waals surface area contributed by atoms with Crippen molar-refractivity contribution in [2.75, 3.05) is 12.4 Å². The van der Waals surface area contributed by atoms with E-state index in [1.165, 1.54) is 0 Å². The van der Waals surface area contributed by atoms with Crippen molar-refractivity contribution < 1.29 is 22.5 Å². The number of rotatable bonds is 3. The first-order valence-corrected chi connectivity index (χ1v) is 7.17. The van der Waals surface area contributed by atoms with Crippen LogP contribution in [0.4, 0.5) is 0 Å². The minimum Gasteiger partial charge on any atom is -0.465 e. The zero-order valence-corrected chi connectivity index (χ0v) is 11.7. The predicted octanol–water partition coefficient (Wildman–Crippen LogP) is 2.15. The van der Waals surface area contributed by atoms with Gasteiger partial charge in [0.15, 0.2) is 5.75 Å². The van der Waals surface area contributed by atoms with Gasteiger partial charge >= 0.3 is 5.97 Å². The van der Waals surface area contributed by atoms with E-state index in [4.69, 9.17) is 4.55 Å². The van der Waals surface area contributed by atoms with E-state index in [2.05, 4.69) is 4.74 Å². The summed E-state index contributed by atoms with van der Waals surface area (Å²) in [6, 6.07) is 12.0. The number of carbonyl (C=O) groups excluding carboxylic acids is 1. The molecule has 0 aliphatic rings. The van der Waals surface area contributed by atoms with E-state index in [9.17, 15) is 13.2 Å². The van der Waals surface area contributed by atoms with E-state index in [0.29, 0.717) is 0 Å². The largest absolute Gasteiger partial charge is 0.465 e. The van der Waals surface area contributed by atoms with E-state index in [0.717, 1.165) is 0 Å². The van der Waals surface area contributed by atoms with Crippen LogP contribution in [-0.2, 0) is 19.6 Å². The number of hydrogen-bond donors (Lipinski definition) is 1. The maximum Gasteiger partial charge on any atom is 0.323 e. The molecule has 5 nitrogen and oxygen atoms in total. The van der Waals surface area contributed by atoms with Gasteiger partial charge in [0.05, 0.1) is 6.61 Å². The summed E-state index contributed by atoms with van der Waals surface area (Å²) in [6.45, 7) is 5.65. The summed E-state index contributed by atoms with van der Waals surface area (Å²) in [6.07, 6.45) is 0. The van der Waals surface area contributed by atoms with Gasteiger partial charge in [-0.05, 0) is 6.92 Å². The zero-order chi connectivity index (χ0) is 14.4. The van der Waals surface area contributed by atoms with Crippen molar-refractivity contribution in [3.8, 4) is 0 Å². The third-order valence-corrected chi connectivity index (χ3v) is 1.87. The van der Waals surface area contributed by atoms with E-state index in [-0.39, 0.29) is 6.61 Å². The van der Waals surface area contributed by atoms with Gasteiger partial charge in [0.25, 0.3) is 10.1 Å². The monoisotopic (exact) mass is 276 g/mol. The fraction of sp³-hybridized carbons (Fsp3) is 0.417. The molecule has 6 heteroatoms. The van der Waals surface area contributed by atoms with Crippen LogP contribution in [0.2, 0.25) is 0 Å². The van der Waals surface area contributed by atoms with Gasteiger partial charge in [-0.25, -0.2) is 0 Å². The third-order valence-electron chi connectivity index (χ3n) is 1.27. The molecule has 104 valence electrons. The van der Waals surface area contributed by atoms with E-state index < -0.39 is 21.8 Å². The molecular formula is C12H20O5S. The van der Waals surface area contributed by atoms with Gasteiger partial charge < -0.3 is 4.74 Å². The summed E-state index contributed by atoms with van der Waals surface area (Å²) in [4.78, 5) is 10.3. The molecule has 18 heavy (non-hydrogen) atoms. The molecule has 0 radical (unpaired) electrons. The Balaban J connectivity index is 0. The van der Waals surface area contributed by atoms with Crippen LogP contribution in [-0.4, -0.2) is 31.3 Å². The quantitative estimate of drug-likeness (QED) is 0.676. The molecular weight excluding hydrogens is 256 g/mol. The highest BCUT2D eigenvalue weighted by Crippen LogP contribution is 1.85. The Kier molecular flexibility index (Phi) is 12.7. The topological polar surface area (TPSA) is 80.7 Å². The molecule has 0 aromatic heterocycles. The van der Waals surface area contributed by atoms with Crippen molar-refractivity contribution in [2.24, 2.45) is 0 Å². The van der Waals surface area contributed by atoms with Crippen LogP contribution in [0.15, 0.2) is 36.4 Å². The summed E-state index contributed by atoms with van der Waals surface area (Å²) < 4.78 is 32.3. The van der Waals surface area contributed by atoms with Gasteiger partial charge in [0, 0.05) is 0 Å². The number of carbonyl (C=O) groups is 1. The number of esters is 1. The molecule has 0 saturated carbocycles. The fourth-order valence-corrected chi connectivity index (χ4v) is 1.12. The molecule has 0 spiro atoms. The number of hydrogen-bond acceptors (Lipinski definition) is 4. The van der Waals surface area contributed by atoms with E-state index in [1.54, 1.807) is 6.92 Å². The molecule has 0 bridgehead atoms. The fourth-order valence-electron chi connectivity index (χ4n) is 0.736. The molecule has 0 atom stereocenters. The minimum absolute atomic E-state index is 0.106. The Morgan fingerprint density at radius 2 is 1.39 bits per heavy atom. The van der Waals surface area contributed by atoms with Crippen LogP contribution < -0.4 is 0 Å². The summed E-state index contributed by atoms with van der Waals surface area (Å²) in [7, 11) is -4.22. The lowest BCUT2D eigenvalue weighted by Crippen LogP contribution is -2.17. The second-order valence-corrected chi connectivity index (χ2v) is 4.14. The molecule has 0 unspecified atom stereocenters. The lowest BCUT2D eigenvalue weighted by molar-refractivity contribution is -0.140. The first kappa shape index (κ1) is 19.0. The van der Waals surface area contributed by atoms with Crippen LogP contribution in [0.1, 0.15) is 20.8 Å². The standard InChI is InChI=1S/C6H6.C4H8O5S.C2H6/c1-2-4-6-5-3-1;1-2-9-4(5)3-10(6,7)8;1-2/h1-6H;2-3H2,1H3,(H,6,7,8);1-2H3. The summed E-state index contributed by atoms with van der Waals surface area (Å²) in [5.41, 5.74) is 0. The smallest absolute Gasteiger partial charge is 0.323 e. The highest BCUT2D eigenvalue weighted by Gasteiger charge is 2.12. The molecule has 0 heterocycles. The van der Waals surface area contributed by atoms with Crippen molar-refractivity contribution in [3.63, 3.8) is 0 Å². The maximum absolute atomic E-state index is 10.3. The maximum atomic E-state index is 10.3.